The van der Waals surface area contributed by atoms with Crippen molar-refractivity contribution in [3.8, 4) is 44.5 Å². The smallest absolute Gasteiger partial charge is 0.154 e. The Kier molecular flexibility index (Phi) is 8.19. The van der Waals surface area contributed by atoms with Crippen molar-refractivity contribution in [3.63, 3.8) is 0 Å². The molecule has 0 saturated heterocycles. The number of aryl methyl sites for hydroxylation is 2. The second kappa shape index (κ2) is 12.7. The van der Waals surface area contributed by atoms with Crippen LogP contribution < -0.4 is 0 Å². The summed E-state index contributed by atoms with van der Waals surface area (Å²) in [5.41, 5.74) is 13.8. The van der Waals surface area contributed by atoms with Crippen LogP contribution in [0.25, 0.3) is 50.6 Å². The Morgan fingerprint density at radius 3 is 1.84 bits per heavy atom. The van der Waals surface area contributed by atoms with Crippen LogP contribution in [-0.4, -0.2) is 10.7 Å². The first-order chi connectivity index (χ1) is 21.1. The minimum absolute atomic E-state index is 0.743. The zero-order valence-electron chi connectivity index (χ0n) is 24.8. The quantitative estimate of drug-likeness (QED) is 0.180. The van der Waals surface area contributed by atoms with Crippen LogP contribution in [0.1, 0.15) is 23.6 Å². The van der Waals surface area contributed by atoms with Gasteiger partial charge in [0, 0.05) is 17.5 Å². The summed E-state index contributed by atoms with van der Waals surface area (Å²) in [6.45, 7) is 6.21. The highest BCUT2D eigenvalue weighted by atomic mass is 14.9. The van der Waals surface area contributed by atoms with Crippen LogP contribution in [0.2, 0.25) is 0 Å². The molecule has 1 heterocycles. The van der Waals surface area contributed by atoms with Gasteiger partial charge < -0.3 is 0 Å². The molecule has 2 heteroatoms. The molecule has 0 aliphatic carbocycles. The van der Waals surface area contributed by atoms with Gasteiger partial charge in [0.15, 0.2) is 5.82 Å². The molecule has 0 bridgehead atoms. The Balaban J connectivity index is 1.37. The van der Waals surface area contributed by atoms with Crippen LogP contribution in [0.4, 0.5) is 5.82 Å². The number of aliphatic imine (C=N–C) groups is 1. The molecule has 0 fully saturated rings. The number of benzene rings is 5. The van der Waals surface area contributed by atoms with E-state index in [9.17, 15) is 0 Å². The molecule has 1 aromatic heterocycles. The Bertz CT molecular complexity index is 1930. The molecule has 0 atom stereocenters. The Labute approximate surface area is 254 Å². The van der Waals surface area contributed by atoms with Gasteiger partial charge >= 0.3 is 0 Å². The third-order valence-electron chi connectivity index (χ3n) is 7.77. The highest BCUT2D eigenvalue weighted by molar-refractivity contribution is 5.98. The van der Waals surface area contributed by atoms with Gasteiger partial charge in [-0.25, -0.2) is 9.98 Å². The van der Waals surface area contributed by atoms with E-state index >= 15 is 0 Å². The molecular weight excluding hydrogens is 520 g/mol. The van der Waals surface area contributed by atoms with E-state index in [1.165, 1.54) is 44.5 Å². The summed E-state index contributed by atoms with van der Waals surface area (Å²) >= 11 is 0. The maximum absolute atomic E-state index is 4.81. The molecule has 0 aliphatic heterocycles. The molecule has 0 amide bonds. The predicted octanol–water partition coefficient (Wildman–Crippen LogP) is 11.2. The van der Waals surface area contributed by atoms with Crippen LogP contribution in [0.3, 0.4) is 0 Å². The number of rotatable bonds is 7. The van der Waals surface area contributed by atoms with E-state index in [1.54, 1.807) is 0 Å². The summed E-state index contributed by atoms with van der Waals surface area (Å²) in [4.78, 5) is 9.60. The SMILES string of the molecule is CC(/C=C\c1ccccc1C)=Nc1ncc(-c2ccc(-c3ccccc3-c3ccccc3)c(-c3ccccc3)c2)cc1C. The zero-order valence-corrected chi connectivity index (χ0v) is 24.8. The minimum atomic E-state index is 0.743. The van der Waals surface area contributed by atoms with Crippen LogP contribution in [-0.2, 0) is 0 Å². The van der Waals surface area contributed by atoms with E-state index in [0.29, 0.717) is 0 Å². The largest absolute Gasteiger partial charge is 0.236 e. The van der Waals surface area contributed by atoms with Gasteiger partial charge in [-0.2, -0.15) is 0 Å². The summed E-state index contributed by atoms with van der Waals surface area (Å²) < 4.78 is 0. The second-order valence-corrected chi connectivity index (χ2v) is 10.8. The van der Waals surface area contributed by atoms with E-state index in [0.717, 1.165) is 28.2 Å². The van der Waals surface area contributed by atoms with Crippen molar-refractivity contribution >= 4 is 17.6 Å². The topological polar surface area (TPSA) is 25.2 Å². The lowest BCUT2D eigenvalue weighted by atomic mass is 9.87. The zero-order chi connectivity index (χ0) is 29.6. The molecule has 0 aliphatic rings. The maximum atomic E-state index is 4.81. The van der Waals surface area contributed by atoms with Crippen molar-refractivity contribution in [2.75, 3.05) is 0 Å². The predicted molar refractivity (Wildman–Crippen MR) is 184 cm³/mol. The molecule has 0 saturated carbocycles. The van der Waals surface area contributed by atoms with Crippen molar-refractivity contribution < 1.29 is 0 Å². The third kappa shape index (κ3) is 6.29. The fourth-order valence-electron chi connectivity index (χ4n) is 5.43. The average molecular weight is 555 g/mol. The highest BCUT2D eigenvalue weighted by Crippen LogP contribution is 2.40. The number of hydrogen-bond acceptors (Lipinski definition) is 2. The molecule has 0 N–H and O–H groups in total. The second-order valence-electron chi connectivity index (χ2n) is 10.8. The highest BCUT2D eigenvalue weighted by Gasteiger charge is 2.14. The number of pyridine rings is 1. The summed E-state index contributed by atoms with van der Waals surface area (Å²) in [6, 6.07) is 47.2. The maximum Gasteiger partial charge on any atom is 0.154 e. The molecule has 2 nitrogen and oxygen atoms in total. The molecule has 6 aromatic rings. The van der Waals surface area contributed by atoms with Gasteiger partial charge in [-0.3, -0.25) is 0 Å². The van der Waals surface area contributed by atoms with E-state index < -0.39 is 0 Å². The third-order valence-corrected chi connectivity index (χ3v) is 7.77. The van der Waals surface area contributed by atoms with E-state index in [1.807, 2.05) is 13.1 Å². The molecule has 0 radical (unpaired) electrons. The summed E-state index contributed by atoms with van der Waals surface area (Å²) in [5.74, 6) is 0.743. The summed E-state index contributed by atoms with van der Waals surface area (Å²) in [5, 5.41) is 0. The standard InChI is InChI=1S/C41H34N2/c1-29-14-10-11-15-32(29)23-22-31(3)43-41-30(2)26-36(28-42-41)35-24-25-39(40(27-35)34-18-8-5-9-19-34)38-21-13-12-20-37(38)33-16-6-4-7-17-33/h4-28H,1-3H3/b23-22-,43-31?. The minimum Gasteiger partial charge on any atom is -0.236 e. The van der Waals surface area contributed by atoms with E-state index in [4.69, 9.17) is 9.98 Å². The van der Waals surface area contributed by atoms with Gasteiger partial charge in [-0.1, -0.05) is 127 Å². The molecular formula is C41H34N2. The van der Waals surface area contributed by atoms with Crippen molar-refractivity contribution in [3.05, 3.63) is 162 Å². The van der Waals surface area contributed by atoms with Gasteiger partial charge in [0.2, 0.25) is 0 Å². The monoisotopic (exact) mass is 554 g/mol. The van der Waals surface area contributed by atoms with Gasteiger partial charge in [-0.05, 0) is 94.6 Å². The van der Waals surface area contributed by atoms with E-state index in [-0.39, 0.29) is 0 Å². The van der Waals surface area contributed by atoms with Crippen LogP contribution in [0.5, 0.6) is 0 Å². The number of hydrogen-bond donors (Lipinski definition) is 0. The lowest BCUT2D eigenvalue weighted by Gasteiger charge is -2.16. The normalized spacial score (nSPS) is 11.7. The fraction of sp³-hybridized carbons (Fsp3) is 0.0732. The summed E-state index contributed by atoms with van der Waals surface area (Å²) in [6.07, 6.45) is 6.10. The van der Waals surface area contributed by atoms with Crippen LogP contribution >= 0.6 is 0 Å². The van der Waals surface area contributed by atoms with Crippen molar-refractivity contribution in [2.45, 2.75) is 20.8 Å². The Hall–Kier alpha value is -5.34. The Morgan fingerprint density at radius 1 is 0.535 bits per heavy atom. The number of nitrogens with zero attached hydrogens (tertiary/aromatic N) is 2. The molecule has 6 rings (SSSR count). The first-order valence-corrected chi connectivity index (χ1v) is 14.7. The lowest BCUT2D eigenvalue weighted by molar-refractivity contribution is 1.22. The fourth-order valence-corrected chi connectivity index (χ4v) is 5.43. The van der Waals surface area contributed by atoms with Crippen molar-refractivity contribution in [1.29, 1.82) is 0 Å². The van der Waals surface area contributed by atoms with Gasteiger partial charge in [0.1, 0.15) is 0 Å². The molecule has 0 spiro atoms. The van der Waals surface area contributed by atoms with Gasteiger partial charge in [-0.15, -0.1) is 0 Å². The lowest BCUT2D eigenvalue weighted by Crippen LogP contribution is -1.92. The van der Waals surface area contributed by atoms with Crippen LogP contribution in [0.15, 0.2) is 151 Å². The first kappa shape index (κ1) is 27.8. The van der Waals surface area contributed by atoms with Gasteiger partial charge in [0.05, 0.1) is 0 Å². The average Bonchev–Trinajstić information content (AvgIpc) is 3.06. The number of allylic oxidation sites excluding steroid dienone is 1. The number of aromatic nitrogens is 1. The molecule has 208 valence electrons. The Morgan fingerprint density at radius 2 is 1.14 bits per heavy atom. The molecule has 0 unspecified atom stereocenters. The van der Waals surface area contributed by atoms with Crippen LogP contribution in [0, 0.1) is 13.8 Å². The summed E-state index contributed by atoms with van der Waals surface area (Å²) in [7, 11) is 0. The van der Waals surface area contributed by atoms with Crippen molar-refractivity contribution in [1.82, 2.24) is 4.98 Å². The van der Waals surface area contributed by atoms with E-state index in [2.05, 4.69) is 159 Å². The molecule has 5 aromatic carbocycles. The molecule has 43 heavy (non-hydrogen) atoms. The van der Waals surface area contributed by atoms with Gasteiger partial charge in [0.25, 0.3) is 0 Å². The first-order valence-electron chi connectivity index (χ1n) is 14.7. The van der Waals surface area contributed by atoms with Crippen molar-refractivity contribution in [2.24, 2.45) is 4.99 Å².